The zero-order valence-electron chi connectivity index (χ0n) is 11.4. The van der Waals surface area contributed by atoms with Gasteiger partial charge in [0, 0.05) is 23.5 Å². The second-order valence-electron chi connectivity index (χ2n) is 4.73. The third-order valence-electron chi connectivity index (χ3n) is 3.01. The van der Waals surface area contributed by atoms with E-state index in [0.29, 0.717) is 16.5 Å². The molecule has 0 amide bonds. The van der Waals surface area contributed by atoms with Gasteiger partial charge in [0.1, 0.15) is 0 Å². The van der Waals surface area contributed by atoms with Gasteiger partial charge in [-0.15, -0.1) is 0 Å². The van der Waals surface area contributed by atoms with Gasteiger partial charge >= 0.3 is 0 Å². The van der Waals surface area contributed by atoms with E-state index in [1.807, 2.05) is 31.2 Å². The number of rotatable bonds is 4. The van der Waals surface area contributed by atoms with Crippen molar-refractivity contribution in [3.63, 3.8) is 0 Å². The first kappa shape index (κ1) is 14.9. The van der Waals surface area contributed by atoms with Crippen molar-refractivity contribution in [1.82, 2.24) is 0 Å². The van der Waals surface area contributed by atoms with Gasteiger partial charge in [-0.2, -0.15) is 0 Å². The van der Waals surface area contributed by atoms with Gasteiger partial charge < -0.3 is 5.32 Å². The van der Waals surface area contributed by atoms with Gasteiger partial charge in [-0.1, -0.05) is 29.8 Å². The average molecular weight is 310 g/mol. The molecule has 0 aliphatic carbocycles. The molecule has 0 saturated heterocycles. The highest BCUT2D eigenvalue weighted by molar-refractivity contribution is 7.90. The van der Waals surface area contributed by atoms with Crippen molar-refractivity contribution in [3.8, 4) is 0 Å². The first-order chi connectivity index (χ1) is 9.36. The fraction of sp³-hybridized carbons (Fsp3) is 0.200. The first-order valence-electron chi connectivity index (χ1n) is 6.15. The minimum Gasteiger partial charge on any atom is -0.381 e. The smallest absolute Gasteiger partial charge is 0.175 e. The van der Waals surface area contributed by atoms with Crippen LogP contribution in [0.25, 0.3) is 0 Å². The molecule has 0 fully saturated rings. The summed E-state index contributed by atoms with van der Waals surface area (Å²) in [6.45, 7) is 2.53. The van der Waals surface area contributed by atoms with Crippen molar-refractivity contribution in [2.24, 2.45) is 0 Å². The van der Waals surface area contributed by atoms with Crippen LogP contribution < -0.4 is 5.32 Å². The van der Waals surface area contributed by atoms with Crippen molar-refractivity contribution in [3.05, 3.63) is 58.6 Å². The quantitative estimate of drug-likeness (QED) is 0.937. The topological polar surface area (TPSA) is 46.2 Å². The zero-order chi connectivity index (χ0) is 14.8. The summed E-state index contributed by atoms with van der Waals surface area (Å²) in [5, 5.41) is 3.93. The third-order valence-corrected chi connectivity index (χ3v) is 4.35. The molecule has 0 heterocycles. The molecule has 2 rings (SSSR count). The largest absolute Gasteiger partial charge is 0.381 e. The van der Waals surface area contributed by atoms with E-state index in [4.69, 9.17) is 11.6 Å². The molecule has 0 unspecified atom stereocenters. The molecule has 106 valence electrons. The van der Waals surface area contributed by atoms with Crippen molar-refractivity contribution in [2.75, 3.05) is 11.6 Å². The molecule has 2 aromatic rings. The van der Waals surface area contributed by atoms with E-state index in [-0.39, 0.29) is 0 Å². The molecule has 20 heavy (non-hydrogen) atoms. The van der Waals surface area contributed by atoms with Crippen molar-refractivity contribution < 1.29 is 8.42 Å². The Bertz CT molecular complexity index is 726. The van der Waals surface area contributed by atoms with Gasteiger partial charge in [-0.3, -0.25) is 0 Å². The summed E-state index contributed by atoms with van der Waals surface area (Å²) in [7, 11) is -3.19. The summed E-state index contributed by atoms with van der Waals surface area (Å²) in [6.07, 6.45) is 1.21. The predicted molar refractivity (Wildman–Crippen MR) is 83.1 cm³/mol. The van der Waals surface area contributed by atoms with Crippen LogP contribution in [0.4, 0.5) is 5.69 Å². The molecule has 0 spiro atoms. The van der Waals surface area contributed by atoms with Crippen LogP contribution in [0.1, 0.15) is 11.1 Å². The number of nitrogens with one attached hydrogen (secondary N) is 1. The van der Waals surface area contributed by atoms with Gasteiger partial charge in [0.2, 0.25) is 0 Å². The van der Waals surface area contributed by atoms with Crippen LogP contribution in [0, 0.1) is 6.92 Å². The molecule has 2 aromatic carbocycles. The first-order valence-corrected chi connectivity index (χ1v) is 8.42. The van der Waals surface area contributed by atoms with Crippen LogP contribution in [0.2, 0.25) is 5.02 Å². The van der Waals surface area contributed by atoms with E-state index in [1.54, 1.807) is 18.2 Å². The maximum Gasteiger partial charge on any atom is 0.175 e. The molecule has 5 heteroatoms. The Morgan fingerprint density at radius 3 is 2.55 bits per heavy atom. The second-order valence-corrected chi connectivity index (χ2v) is 7.18. The second kappa shape index (κ2) is 5.85. The number of halogens is 1. The monoisotopic (exact) mass is 309 g/mol. The lowest BCUT2D eigenvalue weighted by Crippen LogP contribution is -2.03. The fourth-order valence-electron chi connectivity index (χ4n) is 1.87. The van der Waals surface area contributed by atoms with E-state index < -0.39 is 9.84 Å². The van der Waals surface area contributed by atoms with Gasteiger partial charge in [0.15, 0.2) is 9.84 Å². The Hall–Kier alpha value is -1.52. The van der Waals surface area contributed by atoms with Crippen LogP contribution in [0.3, 0.4) is 0 Å². The molecule has 0 saturated carbocycles. The van der Waals surface area contributed by atoms with E-state index in [9.17, 15) is 8.42 Å². The molecule has 0 aromatic heterocycles. The van der Waals surface area contributed by atoms with E-state index in [1.165, 1.54) is 6.26 Å². The zero-order valence-corrected chi connectivity index (χ0v) is 12.9. The molecule has 0 atom stereocenters. The van der Waals surface area contributed by atoms with Crippen LogP contribution >= 0.6 is 11.6 Å². The lowest BCUT2D eigenvalue weighted by atomic mass is 10.2. The molecule has 0 bridgehead atoms. The molecular weight excluding hydrogens is 294 g/mol. The molecule has 0 aliphatic heterocycles. The number of sulfone groups is 1. The van der Waals surface area contributed by atoms with E-state index >= 15 is 0 Å². The summed E-state index contributed by atoms with van der Waals surface area (Å²) in [6, 6.07) is 12.6. The molecular formula is C15H16ClNO2S. The summed E-state index contributed by atoms with van der Waals surface area (Å²) in [4.78, 5) is 0.316. The number of aryl methyl sites for hydroxylation is 1. The predicted octanol–water partition coefficient (Wildman–Crippen LogP) is 3.66. The lowest BCUT2D eigenvalue weighted by Gasteiger charge is -2.11. The number of anilines is 1. The Morgan fingerprint density at radius 1 is 1.15 bits per heavy atom. The summed E-state index contributed by atoms with van der Waals surface area (Å²) in [5.41, 5.74) is 2.86. The molecule has 3 nitrogen and oxygen atoms in total. The van der Waals surface area contributed by atoms with Crippen molar-refractivity contribution in [2.45, 2.75) is 18.4 Å². The van der Waals surface area contributed by atoms with Crippen molar-refractivity contribution in [1.29, 1.82) is 0 Å². The number of benzene rings is 2. The normalized spacial score (nSPS) is 11.3. The highest BCUT2D eigenvalue weighted by Crippen LogP contribution is 2.21. The van der Waals surface area contributed by atoms with Gasteiger partial charge in [0.05, 0.1) is 4.90 Å². The van der Waals surface area contributed by atoms with Gasteiger partial charge in [-0.25, -0.2) is 8.42 Å². The van der Waals surface area contributed by atoms with Gasteiger partial charge in [-0.05, 0) is 42.3 Å². The van der Waals surface area contributed by atoms with Crippen molar-refractivity contribution >= 4 is 27.1 Å². The third kappa shape index (κ3) is 3.74. The lowest BCUT2D eigenvalue weighted by molar-refractivity contribution is 0.602. The number of hydrogen-bond acceptors (Lipinski definition) is 3. The standard InChI is InChI=1S/C15H16ClNO2S/c1-11-6-7-14(20(2,18)19)9-15(11)17-10-12-4-3-5-13(16)8-12/h3-9,17H,10H2,1-2H3. The average Bonchev–Trinajstić information content (AvgIpc) is 2.36. The SMILES string of the molecule is Cc1ccc(S(C)(=O)=O)cc1NCc1cccc(Cl)c1. The molecule has 0 aliphatic rings. The Kier molecular flexibility index (Phi) is 4.35. The molecule has 0 radical (unpaired) electrons. The summed E-state index contributed by atoms with van der Waals surface area (Å²) in [5.74, 6) is 0. The fourth-order valence-corrected chi connectivity index (χ4v) is 2.73. The Labute approximate surface area is 124 Å². The maximum atomic E-state index is 11.6. The van der Waals surface area contributed by atoms with Crippen LogP contribution in [0.5, 0.6) is 0 Å². The Balaban J connectivity index is 2.21. The minimum atomic E-state index is -3.19. The maximum absolute atomic E-state index is 11.6. The minimum absolute atomic E-state index is 0.316. The van der Waals surface area contributed by atoms with Crippen LogP contribution in [0.15, 0.2) is 47.4 Å². The molecule has 1 N–H and O–H groups in total. The van der Waals surface area contributed by atoms with Crippen LogP contribution in [-0.2, 0) is 16.4 Å². The summed E-state index contributed by atoms with van der Waals surface area (Å²) < 4.78 is 23.1. The highest BCUT2D eigenvalue weighted by atomic mass is 35.5. The Morgan fingerprint density at radius 2 is 1.90 bits per heavy atom. The van der Waals surface area contributed by atoms with Crippen LogP contribution in [-0.4, -0.2) is 14.7 Å². The summed E-state index contributed by atoms with van der Waals surface area (Å²) >= 11 is 5.94. The van der Waals surface area contributed by atoms with Gasteiger partial charge in [0.25, 0.3) is 0 Å². The number of hydrogen-bond donors (Lipinski definition) is 1. The van der Waals surface area contributed by atoms with E-state index in [0.717, 1.165) is 16.8 Å². The van der Waals surface area contributed by atoms with E-state index in [2.05, 4.69) is 5.32 Å². The highest BCUT2D eigenvalue weighted by Gasteiger charge is 2.09.